The van der Waals surface area contributed by atoms with Crippen molar-refractivity contribution in [2.45, 2.75) is 0 Å². The first kappa shape index (κ1) is 12.6. The molecule has 74 valence electrons. The predicted molar refractivity (Wildman–Crippen MR) is 58.4 cm³/mol. The Labute approximate surface area is 83.8 Å². The normalized spacial score (nSPS) is 10.5. The third kappa shape index (κ3) is 10.6. The van der Waals surface area contributed by atoms with Crippen LogP contribution >= 0.6 is 23.5 Å². The van der Waals surface area contributed by atoms with Crippen LogP contribution in [0.25, 0.3) is 0 Å². The molecule has 0 N–H and O–H groups in total. The van der Waals surface area contributed by atoms with Crippen molar-refractivity contribution in [2.24, 2.45) is 0 Å². The van der Waals surface area contributed by atoms with Crippen LogP contribution in [0, 0.1) is 0 Å². The molecule has 0 unspecified atom stereocenters. The van der Waals surface area contributed by atoms with E-state index in [1.807, 2.05) is 0 Å². The topological polar surface area (TPSA) is 18.5 Å². The van der Waals surface area contributed by atoms with Crippen molar-refractivity contribution in [3.05, 3.63) is 0 Å². The van der Waals surface area contributed by atoms with Gasteiger partial charge in [0.2, 0.25) is 0 Å². The summed E-state index contributed by atoms with van der Waals surface area (Å²) in [5.74, 6) is 2.15. The maximum atomic E-state index is 5.30. The summed E-state index contributed by atoms with van der Waals surface area (Å²) < 4.78 is 10.6. The number of hydrogen-bond acceptors (Lipinski definition) is 4. The van der Waals surface area contributed by atoms with Gasteiger partial charge in [-0.05, 0) is 12.5 Å². The van der Waals surface area contributed by atoms with Crippen LogP contribution in [0.3, 0.4) is 0 Å². The molecule has 0 amide bonds. The molecule has 0 aromatic rings. The first-order chi connectivity index (χ1) is 5.91. The summed E-state index contributed by atoms with van der Waals surface area (Å²) in [6.07, 6.45) is 4.16. The zero-order chi connectivity index (χ0) is 9.07. The van der Waals surface area contributed by atoms with Crippen LogP contribution < -0.4 is 0 Å². The summed E-state index contributed by atoms with van der Waals surface area (Å²) in [7, 11) is 0. The van der Waals surface area contributed by atoms with E-state index in [0.717, 1.165) is 37.9 Å². The Morgan fingerprint density at radius 3 is 1.50 bits per heavy atom. The second kappa shape index (κ2) is 11.6. The fraction of sp³-hybridized carbons (Fsp3) is 1.00. The summed E-state index contributed by atoms with van der Waals surface area (Å²) in [6, 6.07) is 0. The molecule has 0 saturated heterocycles. The Morgan fingerprint density at radius 2 is 1.17 bits per heavy atom. The highest BCUT2D eigenvalue weighted by molar-refractivity contribution is 7.98. The highest BCUT2D eigenvalue weighted by Crippen LogP contribution is 1.92. The average molecular weight is 210 g/mol. The summed E-state index contributed by atoms with van der Waals surface area (Å²) >= 11 is 3.61. The summed E-state index contributed by atoms with van der Waals surface area (Å²) in [5, 5.41) is 0. The second-order valence-corrected chi connectivity index (χ2v) is 4.18. The maximum absolute atomic E-state index is 5.30. The van der Waals surface area contributed by atoms with E-state index >= 15 is 0 Å². The van der Waals surface area contributed by atoms with E-state index in [2.05, 4.69) is 12.5 Å². The number of hydrogen-bond donors (Lipinski definition) is 0. The fourth-order valence-electron chi connectivity index (χ4n) is 0.606. The van der Waals surface area contributed by atoms with Crippen LogP contribution in [0.1, 0.15) is 0 Å². The third-order valence-corrected chi connectivity index (χ3v) is 2.39. The molecule has 12 heavy (non-hydrogen) atoms. The lowest BCUT2D eigenvalue weighted by molar-refractivity contribution is 0.0605. The van der Waals surface area contributed by atoms with Gasteiger partial charge in [0.05, 0.1) is 26.4 Å². The number of rotatable bonds is 9. The molecule has 0 aromatic heterocycles. The van der Waals surface area contributed by atoms with Crippen LogP contribution in [-0.4, -0.2) is 50.4 Å². The molecule has 0 atom stereocenters. The quantitative estimate of drug-likeness (QED) is 0.539. The molecule has 0 radical (unpaired) electrons. The Balaban J connectivity index is 2.73. The minimum absolute atomic E-state index is 0.731. The lowest BCUT2D eigenvalue weighted by Gasteiger charge is -2.03. The van der Waals surface area contributed by atoms with E-state index in [0.29, 0.717) is 0 Å². The van der Waals surface area contributed by atoms with Crippen molar-refractivity contribution in [3.63, 3.8) is 0 Å². The van der Waals surface area contributed by atoms with E-state index in [4.69, 9.17) is 9.47 Å². The highest BCUT2D eigenvalue weighted by atomic mass is 32.2. The van der Waals surface area contributed by atoms with Gasteiger partial charge in [0.1, 0.15) is 0 Å². The lowest BCUT2D eigenvalue weighted by atomic mass is 10.7. The summed E-state index contributed by atoms with van der Waals surface area (Å²) in [4.78, 5) is 0. The predicted octanol–water partition coefficient (Wildman–Crippen LogP) is 1.75. The van der Waals surface area contributed by atoms with Crippen LogP contribution in [0.2, 0.25) is 0 Å². The van der Waals surface area contributed by atoms with Crippen molar-refractivity contribution in [1.29, 1.82) is 0 Å². The van der Waals surface area contributed by atoms with Gasteiger partial charge in [-0.1, -0.05) is 0 Å². The Kier molecular flexibility index (Phi) is 12.2. The van der Waals surface area contributed by atoms with Crippen molar-refractivity contribution in [1.82, 2.24) is 0 Å². The van der Waals surface area contributed by atoms with E-state index in [1.54, 1.807) is 23.5 Å². The molecule has 0 bridgehead atoms. The second-order valence-electron chi connectivity index (χ2n) is 2.21. The molecule has 0 aliphatic rings. The molecule has 2 nitrogen and oxygen atoms in total. The van der Waals surface area contributed by atoms with Crippen molar-refractivity contribution in [2.75, 3.05) is 50.4 Å². The van der Waals surface area contributed by atoms with Gasteiger partial charge in [-0.25, -0.2) is 0 Å². The summed E-state index contributed by atoms with van der Waals surface area (Å²) in [5.41, 5.74) is 0. The lowest BCUT2D eigenvalue weighted by Crippen LogP contribution is -2.07. The SMILES string of the molecule is CSCCOCCOCCSC. The molecular formula is C8H18O2S2. The largest absolute Gasteiger partial charge is 0.378 e. The van der Waals surface area contributed by atoms with Gasteiger partial charge >= 0.3 is 0 Å². The summed E-state index contributed by atoms with van der Waals surface area (Å²) in [6.45, 7) is 3.14. The van der Waals surface area contributed by atoms with Crippen LogP contribution in [0.4, 0.5) is 0 Å². The molecule has 0 rings (SSSR count). The van der Waals surface area contributed by atoms with Gasteiger partial charge in [0.15, 0.2) is 0 Å². The molecule has 4 heteroatoms. The van der Waals surface area contributed by atoms with E-state index in [-0.39, 0.29) is 0 Å². The molecule has 0 aromatic carbocycles. The van der Waals surface area contributed by atoms with E-state index < -0.39 is 0 Å². The maximum Gasteiger partial charge on any atom is 0.0700 e. The van der Waals surface area contributed by atoms with E-state index in [1.165, 1.54) is 0 Å². The molecule has 0 aliphatic carbocycles. The Hall–Kier alpha value is 0.620. The van der Waals surface area contributed by atoms with Crippen LogP contribution in [0.5, 0.6) is 0 Å². The minimum atomic E-state index is 0.731. The zero-order valence-electron chi connectivity index (χ0n) is 7.88. The van der Waals surface area contributed by atoms with Gasteiger partial charge in [0, 0.05) is 11.5 Å². The Morgan fingerprint density at radius 1 is 0.750 bits per heavy atom. The number of thioether (sulfide) groups is 2. The van der Waals surface area contributed by atoms with Crippen LogP contribution in [0.15, 0.2) is 0 Å². The zero-order valence-corrected chi connectivity index (χ0v) is 9.51. The smallest absolute Gasteiger partial charge is 0.0700 e. The third-order valence-electron chi connectivity index (χ3n) is 1.24. The monoisotopic (exact) mass is 210 g/mol. The van der Waals surface area contributed by atoms with E-state index in [9.17, 15) is 0 Å². The molecule has 0 aliphatic heterocycles. The Bertz CT molecular complexity index is 71.5. The highest BCUT2D eigenvalue weighted by Gasteiger charge is 1.88. The van der Waals surface area contributed by atoms with Crippen molar-refractivity contribution < 1.29 is 9.47 Å². The first-order valence-electron chi connectivity index (χ1n) is 4.05. The number of ether oxygens (including phenoxy) is 2. The molecule has 0 fully saturated rings. The first-order valence-corrected chi connectivity index (χ1v) is 6.84. The molecular weight excluding hydrogens is 192 g/mol. The van der Waals surface area contributed by atoms with Crippen LogP contribution in [-0.2, 0) is 9.47 Å². The van der Waals surface area contributed by atoms with Gasteiger partial charge in [-0.15, -0.1) is 0 Å². The van der Waals surface area contributed by atoms with Gasteiger partial charge in [0.25, 0.3) is 0 Å². The standard InChI is InChI=1S/C8H18O2S2/c1-11-7-5-9-3-4-10-6-8-12-2/h3-8H2,1-2H3. The van der Waals surface area contributed by atoms with Crippen molar-refractivity contribution >= 4 is 23.5 Å². The van der Waals surface area contributed by atoms with Gasteiger partial charge < -0.3 is 9.47 Å². The van der Waals surface area contributed by atoms with Crippen molar-refractivity contribution in [3.8, 4) is 0 Å². The minimum Gasteiger partial charge on any atom is -0.378 e. The molecule has 0 saturated carbocycles. The average Bonchev–Trinajstić information content (AvgIpc) is 2.10. The van der Waals surface area contributed by atoms with Gasteiger partial charge in [-0.3, -0.25) is 0 Å². The molecule has 0 spiro atoms. The fourth-order valence-corrected chi connectivity index (χ4v) is 1.18. The van der Waals surface area contributed by atoms with Gasteiger partial charge in [-0.2, -0.15) is 23.5 Å². The molecule has 0 heterocycles.